The van der Waals surface area contributed by atoms with E-state index in [1.54, 1.807) is 29.5 Å². The van der Waals surface area contributed by atoms with Gasteiger partial charge in [-0.05, 0) is 43.7 Å². The van der Waals surface area contributed by atoms with Crippen LogP contribution in [0, 0.1) is 6.92 Å². The van der Waals surface area contributed by atoms with Gasteiger partial charge in [0.15, 0.2) is 6.61 Å². The number of rotatable bonds is 7. The number of thiazole rings is 1. The zero-order chi connectivity index (χ0) is 22.7. The summed E-state index contributed by atoms with van der Waals surface area (Å²) in [7, 11) is 1.78. The highest BCUT2D eigenvalue weighted by Gasteiger charge is 2.29. The minimum atomic E-state index is -0.226. The van der Waals surface area contributed by atoms with E-state index in [1.165, 1.54) is 4.90 Å². The van der Waals surface area contributed by atoms with Gasteiger partial charge in [-0.1, -0.05) is 19.4 Å². The SMILES string of the molecule is CCCCN(C)C(=O)CN1C(=O)COc2ccc(-c3nc(-c4ccccn4)sc3C)cc21. The quantitative estimate of drug-likeness (QED) is 0.540. The highest BCUT2D eigenvalue weighted by atomic mass is 32.1. The van der Waals surface area contributed by atoms with Crippen LogP contribution in [0.3, 0.4) is 0 Å². The van der Waals surface area contributed by atoms with Gasteiger partial charge >= 0.3 is 0 Å². The van der Waals surface area contributed by atoms with Gasteiger partial charge in [0.1, 0.15) is 17.3 Å². The van der Waals surface area contributed by atoms with E-state index in [2.05, 4.69) is 11.9 Å². The number of ether oxygens (including phenoxy) is 1. The zero-order valence-corrected chi connectivity index (χ0v) is 19.3. The van der Waals surface area contributed by atoms with Crippen LogP contribution >= 0.6 is 11.3 Å². The molecule has 0 aliphatic carbocycles. The van der Waals surface area contributed by atoms with E-state index in [4.69, 9.17) is 9.72 Å². The first-order valence-corrected chi connectivity index (χ1v) is 11.5. The molecule has 3 aromatic rings. The molecule has 1 aliphatic heterocycles. The molecule has 0 bridgehead atoms. The lowest BCUT2D eigenvalue weighted by Gasteiger charge is -2.30. The molecule has 0 spiro atoms. The molecule has 0 unspecified atom stereocenters. The molecule has 3 heterocycles. The Kier molecular flexibility index (Phi) is 6.50. The number of fused-ring (bicyclic) bond motifs is 1. The standard InChI is InChI=1S/C24H26N4O3S/c1-4-5-12-27(3)21(29)14-28-19-13-17(9-10-20(19)31-15-22(28)30)23-16(2)32-24(26-23)18-8-6-7-11-25-18/h6-11,13H,4-5,12,14-15H2,1-3H3. The Morgan fingerprint density at radius 2 is 2.12 bits per heavy atom. The number of anilines is 1. The Bertz CT molecular complexity index is 1130. The van der Waals surface area contributed by atoms with E-state index in [0.29, 0.717) is 18.0 Å². The van der Waals surface area contributed by atoms with Crippen LogP contribution in [-0.2, 0) is 9.59 Å². The highest BCUT2D eigenvalue weighted by Crippen LogP contribution is 2.38. The van der Waals surface area contributed by atoms with Gasteiger partial charge in [-0.15, -0.1) is 11.3 Å². The molecule has 4 rings (SSSR count). The summed E-state index contributed by atoms with van der Waals surface area (Å²) < 4.78 is 5.62. The topological polar surface area (TPSA) is 75.6 Å². The molecule has 0 atom stereocenters. The van der Waals surface area contributed by atoms with Crippen LogP contribution in [0.5, 0.6) is 5.75 Å². The predicted octanol–water partition coefficient (Wildman–Crippen LogP) is 4.16. The highest BCUT2D eigenvalue weighted by molar-refractivity contribution is 7.15. The first kappa shape index (κ1) is 22.0. The van der Waals surface area contributed by atoms with Gasteiger partial charge in [0.05, 0.1) is 17.1 Å². The number of hydrogen-bond acceptors (Lipinski definition) is 6. The first-order valence-electron chi connectivity index (χ1n) is 10.7. The minimum absolute atomic E-state index is 0.00586. The van der Waals surface area contributed by atoms with E-state index < -0.39 is 0 Å². The molecule has 8 heteroatoms. The molecule has 0 N–H and O–H groups in total. The molecule has 7 nitrogen and oxygen atoms in total. The normalized spacial score (nSPS) is 13.0. The molecule has 0 saturated heterocycles. The maximum Gasteiger partial charge on any atom is 0.265 e. The fraction of sp³-hybridized carbons (Fsp3) is 0.333. The van der Waals surface area contributed by atoms with Crippen LogP contribution in [0.1, 0.15) is 24.6 Å². The maximum absolute atomic E-state index is 12.7. The number of carbonyl (C=O) groups excluding carboxylic acids is 2. The zero-order valence-electron chi connectivity index (χ0n) is 18.5. The molecule has 2 amide bonds. The Balaban J connectivity index is 1.64. The molecule has 166 valence electrons. The van der Waals surface area contributed by atoms with Crippen LogP contribution in [0.15, 0.2) is 42.6 Å². The average Bonchev–Trinajstić information content (AvgIpc) is 3.21. The van der Waals surface area contributed by atoms with Crippen LogP contribution in [-0.4, -0.2) is 53.4 Å². The van der Waals surface area contributed by atoms with Crippen molar-refractivity contribution in [3.05, 3.63) is 47.5 Å². The summed E-state index contributed by atoms with van der Waals surface area (Å²) in [5, 5.41) is 0.840. The molecule has 0 fully saturated rings. The summed E-state index contributed by atoms with van der Waals surface area (Å²) in [5.41, 5.74) is 3.13. The molecule has 2 aromatic heterocycles. The third-order valence-electron chi connectivity index (χ3n) is 5.42. The van der Waals surface area contributed by atoms with E-state index in [9.17, 15) is 9.59 Å². The van der Waals surface area contributed by atoms with Crippen molar-refractivity contribution in [3.8, 4) is 27.7 Å². The molecule has 0 saturated carbocycles. The third kappa shape index (κ3) is 4.50. The number of amides is 2. The number of nitrogens with zero attached hydrogens (tertiary/aromatic N) is 4. The summed E-state index contributed by atoms with van der Waals surface area (Å²) in [6.07, 6.45) is 3.69. The van der Waals surface area contributed by atoms with Crippen molar-refractivity contribution in [2.75, 3.05) is 31.6 Å². The molecule has 0 radical (unpaired) electrons. The Hall–Kier alpha value is -3.26. The second kappa shape index (κ2) is 9.48. The molecular formula is C24H26N4O3S. The van der Waals surface area contributed by atoms with Crippen LogP contribution < -0.4 is 9.64 Å². The number of aryl methyl sites for hydroxylation is 1. The molecule has 1 aliphatic rings. The second-order valence-corrected chi connectivity index (χ2v) is 8.96. The lowest BCUT2D eigenvalue weighted by molar-refractivity contribution is -0.131. The number of hydrogen-bond donors (Lipinski definition) is 0. The number of unbranched alkanes of at least 4 members (excludes halogenated alkanes) is 1. The van der Waals surface area contributed by atoms with Gasteiger partial charge in [-0.25, -0.2) is 4.98 Å². The number of likely N-dealkylation sites (N-methyl/N-ethyl adjacent to an activating group) is 1. The lowest BCUT2D eigenvalue weighted by Crippen LogP contribution is -2.45. The molecule has 1 aromatic carbocycles. The van der Waals surface area contributed by atoms with Crippen molar-refractivity contribution in [2.45, 2.75) is 26.7 Å². The summed E-state index contributed by atoms with van der Waals surface area (Å²) in [5.74, 6) is 0.276. The van der Waals surface area contributed by atoms with Crippen molar-refractivity contribution in [3.63, 3.8) is 0 Å². The van der Waals surface area contributed by atoms with E-state index >= 15 is 0 Å². The summed E-state index contributed by atoms with van der Waals surface area (Å²) in [6, 6.07) is 11.4. The predicted molar refractivity (Wildman–Crippen MR) is 126 cm³/mol. The number of aromatic nitrogens is 2. The number of benzene rings is 1. The van der Waals surface area contributed by atoms with Crippen molar-refractivity contribution >= 4 is 28.8 Å². The number of pyridine rings is 1. The van der Waals surface area contributed by atoms with Crippen molar-refractivity contribution in [1.29, 1.82) is 0 Å². The Morgan fingerprint density at radius 3 is 2.88 bits per heavy atom. The monoisotopic (exact) mass is 450 g/mol. The van der Waals surface area contributed by atoms with Crippen molar-refractivity contribution in [2.24, 2.45) is 0 Å². The molecule has 32 heavy (non-hydrogen) atoms. The first-order chi connectivity index (χ1) is 15.5. The fourth-order valence-corrected chi connectivity index (χ4v) is 4.47. The summed E-state index contributed by atoms with van der Waals surface area (Å²) in [6.45, 7) is 4.70. The van der Waals surface area contributed by atoms with Crippen LogP contribution in [0.4, 0.5) is 5.69 Å². The van der Waals surface area contributed by atoms with Gasteiger partial charge in [0.2, 0.25) is 5.91 Å². The van der Waals surface area contributed by atoms with Crippen LogP contribution in [0.2, 0.25) is 0 Å². The lowest BCUT2D eigenvalue weighted by atomic mass is 10.1. The van der Waals surface area contributed by atoms with Crippen molar-refractivity contribution < 1.29 is 14.3 Å². The third-order valence-corrected chi connectivity index (χ3v) is 6.42. The van der Waals surface area contributed by atoms with Gasteiger partial charge in [0, 0.05) is 30.2 Å². The van der Waals surface area contributed by atoms with E-state index in [-0.39, 0.29) is 25.0 Å². The number of carbonyl (C=O) groups is 2. The van der Waals surface area contributed by atoms with E-state index in [0.717, 1.165) is 39.7 Å². The Morgan fingerprint density at radius 1 is 1.28 bits per heavy atom. The van der Waals surface area contributed by atoms with Gasteiger partial charge in [-0.3, -0.25) is 19.5 Å². The van der Waals surface area contributed by atoms with Crippen LogP contribution in [0.25, 0.3) is 22.0 Å². The summed E-state index contributed by atoms with van der Waals surface area (Å²) in [4.78, 5) is 38.8. The summed E-state index contributed by atoms with van der Waals surface area (Å²) >= 11 is 1.58. The average molecular weight is 451 g/mol. The fourth-order valence-electron chi connectivity index (χ4n) is 3.56. The van der Waals surface area contributed by atoms with E-state index in [1.807, 2.05) is 43.3 Å². The maximum atomic E-state index is 12.7. The Labute approximate surface area is 191 Å². The van der Waals surface area contributed by atoms with Gasteiger partial charge in [0.25, 0.3) is 5.91 Å². The largest absolute Gasteiger partial charge is 0.482 e. The minimum Gasteiger partial charge on any atom is -0.482 e. The molecular weight excluding hydrogens is 424 g/mol. The van der Waals surface area contributed by atoms with Crippen molar-refractivity contribution in [1.82, 2.24) is 14.9 Å². The smallest absolute Gasteiger partial charge is 0.265 e. The van der Waals surface area contributed by atoms with Gasteiger partial charge in [-0.2, -0.15) is 0 Å². The van der Waals surface area contributed by atoms with Gasteiger partial charge < -0.3 is 9.64 Å². The second-order valence-electron chi connectivity index (χ2n) is 7.76.